The number of hydrogen-bond acceptors (Lipinski definition) is 8. The van der Waals surface area contributed by atoms with Crippen LogP contribution in [-0.2, 0) is 32.7 Å². The molecule has 2 atom stereocenters. The zero-order valence-corrected chi connectivity index (χ0v) is 38.6. The highest BCUT2D eigenvalue weighted by Gasteiger charge is 2.21. The standard InChI is InChI=1S/C48H86NO8P/c1-6-8-10-12-14-16-18-20-22-24-26-28-30-32-34-36-38-40-47(50)54-44-46(45-56-58(52,53)55-43-42-49(3,4)5)57-48(51)41-39-37-35-33-31-29-27-25-23-21-19-17-15-13-11-9-7-2/h10,12,16,18,21-24,28,30,46H,6-9,11,13-15,17,19-20,25-27,29,31-45H2,1-5H3/b12-10+,18-16+,23-21+,24-22+,30-28+/t46-/m1/s1. The van der Waals surface area contributed by atoms with E-state index in [-0.39, 0.29) is 26.1 Å². The van der Waals surface area contributed by atoms with Gasteiger partial charge in [-0.2, -0.15) is 0 Å². The van der Waals surface area contributed by atoms with E-state index in [0.717, 1.165) is 70.6 Å². The quantitative estimate of drug-likeness (QED) is 0.0197. The van der Waals surface area contributed by atoms with Crippen LogP contribution in [0, 0.1) is 0 Å². The summed E-state index contributed by atoms with van der Waals surface area (Å²) in [7, 11) is 1.14. The van der Waals surface area contributed by atoms with Gasteiger partial charge in [0.1, 0.15) is 19.8 Å². The molecular formula is C48H86NO8P. The second-order valence-electron chi connectivity index (χ2n) is 16.4. The Hall–Kier alpha value is -2.29. The summed E-state index contributed by atoms with van der Waals surface area (Å²) < 4.78 is 33.9. The number of allylic oxidation sites excluding steroid dienone is 10. The van der Waals surface area contributed by atoms with Gasteiger partial charge in [-0.05, 0) is 77.0 Å². The van der Waals surface area contributed by atoms with Gasteiger partial charge in [0.05, 0.1) is 27.7 Å². The van der Waals surface area contributed by atoms with Crippen molar-refractivity contribution in [3.8, 4) is 0 Å². The molecule has 0 radical (unpaired) electrons. The predicted molar refractivity (Wildman–Crippen MR) is 240 cm³/mol. The monoisotopic (exact) mass is 836 g/mol. The maximum absolute atomic E-state index is 12.7. The number of quaternary nitrogens is 1. The number of carbonyl (C=O) groups is 2. The molecule has 0 aliphatic heterocycles. The van der Waals surface area contributed by atoms with E-state index >= 15 is 0 Å². The van der Waals surface area contributed by atoms with Crippen LogP contribution in [0.5, 0.6) is 0 Å². The second-order valence-corrected chi connectivity index (χ2v) is 17.8. The van der Waals surface area contributed by atoms with Crippen LogP contribution in [0.2, 0.25) is 0 Å². The first-order valence-electron chi connectivity index (χ1n) is 23.0. The van der Waals surface area contributed by atoms with Crippen LogP contribution in [0.3, 0.4) is 0 Å². The van der Waals surface area contributed by atoms with Gasteiger partial charge in [-0.15, -0.1) is 0 Å². The number of hydrogen-bond donors (Lipinski definition) is 0. The molecule has 0 saturated heterocycles. The van der Waals surface area contributed by atoms with Crippen molar-refractivity contribution in [2.24, 2.45) is 0 Å². The second kappa shape index (κ2) is 40.1. The van der Waals surface area contributed by atoms with Crippen molar-refractivity contribution in [2.45, 2.75) is 187 Å². The molecule has 9 nitrogen and oxygen atoms in total. The van der Waals surface area contributed by atoms with E-state index in [9.17, 15) is 19.0 Å². The maximum atomic E-state index is 12.7. The van der Waals surface area contributed by atoms with Gasteiger partial charge in [-0.25, -0.2) is 0 Å². The van der Waals surface area contributed by atoms with Gasteiger partial charge < -0.3 is 27.9 Å². The summed E-state index contributed by atoms with van der Waals surface area (Å²) in [4.78, 5) is 37.6. The van der Waals surface area contributed by atoms with Crippen LogP contribution in [0.1, 0.15) is 181 Å². The summed E-state index contributed by atoms with van der Waals surface area (Å²) in [5.74, 6) is -0.878. The molecule has 0 aromatic rings. The topological polar surface area (TPSA) is 111 Å². The van der Waals surface area contributed by atoms with Gasteiger partial charge in [0.25, 0.3) is 7.82 Å². The van der Waals surface area contributed by atoms with Crippen molar-refractivity contribution in [3.63, 3.8) is 0 Å². The van der Waals surface area contributed by atoms with Gasteiger partial charge in [0.2, 0.25) is 0 Å². The van der Waals surface area contributed by atoms with E-state index in [1.807, 2.05) is 21.1 Å². The molecule has 0 aliphatic rings. The van der Waals surface area contributed by atoms with Crippen molar-refractivity contribution in [1.82, 2.24) is 0 Å². The zero-order valence-electron chi connectivity index (χ0n) is 37.7. The van der Waals surface area contributed by atoms with Crippen LogP contribution in [-0.4, -0.2) is 70.0 Å². The summed E-state index contributed by atoms with van der Waals surface area (Å²) in [6.07, 6.45) is 48.1. The molecule has 10 heteroatoms. The fourth-order valence-corrected chi connectivity index (χ4v) is 6.60. The molecule has 58 heavy (non-hydrogen) atoms. The van der Waals surface area contributed by atoms with E-state index in [1.54, 1.807) is 0 Å². The third kappa shape index (κ3) is 43.3. The Morgan fingerprint density at radius 3 is 1.48 bits per heavy atom. The first-order valence-corrected chi connectivity index (χ1v) is 24.5. The number of phosphoric ester groups is 1. The van der Waals surface area contributed by atoms with Crippen LogP contribution >= 0.6 is 7.82 Å². The molecule has 0 aromatic heterocycles. The number of phosphoric acid groups is 1. The summed E-state index contributed by atoms with van der Waals surface area (Å²) in [6.45, 7) is 4.11. The molecule has 0 saturated carbocycles. The predicted octanol–water partition coefficient (Wildman–Crippen LogP) is 12.6. The minimum absolute atomic E-state index is 0.0393. The van der Waals surface area contributed by atoms with Gasteiger partial charge >= 0.3 is 11.9 Å². The molecule has 0 aliphatic carbocycles. The number of carbonyl (C=O) groups excluding carboxylic acids is 2. The normalized spacial score (nSPS) is 14.1. The molecule has 0 fully saturated rings. The fourth-order valence-electron chi connectivity index (χ4n) is 5.87. The third-order valence-electron chi connectivity index (χ3n) is 9.49. The summed E-state index contributed by atoms with van der Waals surface area (Å²) in [5.41, 5.74) is 0. The van der Waals surface area contributed by atoms with Crippen LogP contribution < -0.4 is 4.89 Å². The van der Waals surface area contributed by atoms with Crippen molar-refractivity contribution in [3.05, 3.63) is 60.8 Å². The Morgan fingerprint density at radius 1 is 0.534 bits per heavy atom. The molecule has 0 spiro atoms. The fraction of sp³-hybridized carbons (Fsp3) is 0.750. The first kappa shape index (κ1) is 55.7. The van der Waals surface area contributed by atoms with Gasteiger partial charge in [-0.1, -0.05) is 152 Å². The molecule has 0 bridgehead atoms. The van der Waals surface area contributed by atoms with Gasteiger partial charge in [0.15, 0.2) is 6.10 Å². The SMILES string of the molecule is CCC/C=C/C/C=C/C/C=C/C/C=C/CCCCCC(=O)OC[C@H](COP(=O)([O-])OCC[N+](C)(C)C)OC(=O)CCCCCCCCC/C=C/CCCCCCCC. The zero-order chi connectivity index (χ0) is 42.8. The van der Waals surface area contributed by atoms with Crippen molar-refractivity contribution < 1.29 is 42.1 Å². The highest BCUT2D eigenvalue weighted by Crippen LogP contribution is 2.38. The number of esters is 2. The van der Waals surface area contributed by atoms with Crippen molar-refractivity contribution >= 4 is 19.8 Å². The van der Waals surface area contributed by atoms with Crippen LogP contribution in [0.4, 0.5) is 0 Å². The van der Waals surface area contributed by atoms with Gasteiger partial charge in [-0.3, -0.25) is 14.2 Å². The van der Waals surface area contributed by atoms with Gasteiger partial charge in [0, 0.05) is 12.8 Å². The molecular weight excluding hydrogens is 750 g/mol. The Bertz CT molecular complexity index is 1170. The molecule has 0 aromatic carbocycles. The lowest BCUT2D eigenvalue weighted by Crippen LogP contribution is -2.37. The first-order chi connectivity index (χ1) is 28.0. The average molecular weight is 836 g/mol. The summed E-state index contributed by atoms with van der Waals surface area (Å²) in [6, 6.07) is 0. The number of ether oxygens (including phenoxy) is 2. The third-order valence-corrected chi connectivity index (χ3v) is 10.5. The van der Waals surface area contributed by atoms with Crippen LogP contribution in [0.25, 0.3) is 0 Å². The molecule has 0 N–H and O–H groups in total. The Labute approximate surface area is 356 Å². The van der Waals surface area contributed by atoms with E-state index in [0.29, 0.717) is 23.9 Å². The largest absolute Gasteiger partial charge is 0.756 e. The average Bonchev–Trinajstić information content (AvgIpc) is 3.17. The highest BCUT2D eigenvalue weighted by atomic mass is 31.2. The number of unbranched alkanes of at least 4 members (excludes halogenated alkanes) is 17. The molecule has 1 unspecified atom stereocenters. The maximum Gasteiger partial charge on any atom is 0.306 e. The summed E-state index contributed by atoms with van der Waals surface area (Å²) >= 11 is 0. The molecule has 336 valence electrons. The Kier molecular flexibility index (Phi) is 38.5. The number of likely N-dealkylation sites (N-methyl/N-ethyl adjacent to an activating group) is 1. The molecule has 0 amide bonds. The Balaban J connectivity index is 4.40. The van der Waals surface area contributed by atoms with E-state index < -0.39 is 32.5 Å². The summed E-state index contributed by atoms with van der Waals surface area (Å²) in [5, 5.41) is 0. The van der Waals surface area contributed by atoms with E-state index in [2.05, 4.69) is 74.6 Å². The van der Waals surface area contributed by atoms with E-state index in [4.69, 9.17) is 18.5 Å². The number of rotatable bonds is 41. The minimum Gasteiger partial charge on any atom is -0.756 e. The highest BCUT2D eigenvalue weighted by molar-refractivity contribution is 7.45. The molecule has 0 heterocycles. The lowest BCUT2D eigenvalue weighted by atomic mass is 10.1. The molecule has 0 rings (SSSR count). The number of nitrogens with zero attached hydrogens (tertiary/aromatic N) is 1. The smallest absolute Gasteiger partial charge is 0.306 e. The lowest BCUT2D eigenvalue weighted by molar-refractivity contribution is -0.870. The minimum atomic E-state index is -4.64. The van der Waals surface area contributed by atoms with Crippen molar-refractivity contribution in [1.29, 1.82) is 0 Å². The van der Waals surface area contributed by atoms with E-state index in [1.165, 1.54) is 70.6 Å². The van der Waals surface area contributed by atoms with Crippen molar-refractivity contribution in [2.75, 3.05) is 47.5 Å². The van der Waals surface area contributed by atoms with Crippen LogP contribution in [0.15, 0.2) is 60.8 Å². The lowest BCUT2D eigenvalue weighted by Gasteiger charge is -2.28. The Morgan fingerprint density at radius 2 is 0.966 bits per heavy atom.